The molecule has 0 fully saturated rings. The number of imidazole rings is 1. The number of halogens is 2. The first-order valence-electron chi connectivity index (χ1n) is 6.36. The molecule has 4 nitrogen and oxygen atoms in total. The Labute approximate surface area is 120 Å². The van der Waals surface area contributed by atoms with Crippen molar-refractivity contribution in [1.29, 1.82) is 0 Å². The summed E-state index contributed by atoms with van der Waals surface area (Å²) < 4.78 is 13.1. The monoisotopic (exact) mass is 293 g/mol. The zero-order valence-corrected chi connectivity index (χ0v) is 11.6. The molecule has 0 saturated heterocycles. The highest BCUT2D eigenvalue weighted by Crippen LogP contribution is 2.29. The van der Waals surface area contributed by atoms with Crippen LogP contribution in [0, 0.1) is 5.82 Å². The van der Waals surface area contributed by atoms with Gasteiger partial charge in [0.2, 0.25) is 0 Å². The molecule has 0 saturated carbocycles. The summed E-state index contributed by atoms with van der Waals surface area (Å²) in [6.07, 6.45) is 2.37. The van der Waals surface area contributed by atoms with Crippen molar-refractivity contribution in [2.24, 2.45) is 0 Å². The molecule has 1 unspecified atom stereocenters. The average molecular weight is 294 g/mol. The molecule has 1 aliphatic heterocycles. The summed E-state index contributed by atoms with van der Waals surface area (Å²) in [5.74, 6) is -0.649. The lowest BCUT2D eigenvalue weighted by atomic mass is 10.0. The van der Waals surface area contributed by atoms with Crippen LogP contribution in [0.3, 0.4) is 0 Å². The molecule has 1 aliphatic rings. The van der Waals surface area contributed by atoms with Crippen molar-refractivity contribution in [1.82, 2.24) is 14.9 Å². The molecule has 0 spiro atoms. The Bertz CT molecular complexity index is 670. The van der Waals surface area contributed by atoms with Crippen LogP contribution in [0.25, 0.3) is 0 Å². The van der Waals surface area contributed by atoms with E-state index in [-0.39, 0.29) is 17.0 Å². The lowest BCUT2D eigenvalue weighted by Gasteiger charge is -2.32. The summed E-state index contributed by atoms with van der Waals surface area (Å²) in [7, 11) is 0. The molecular formula is C14H13ClFN3O. The van der Waals surface area contributed by atoms with Gasteiger partial charge in [-0.2, -0.15) is 0 Å². The highest BCUT2D eigenvalue weighted by molar-refractivity contribution is 6.33. The third kappa shape index (κ3) is 2.08. The number of nitrogens with one attached hydrogen (secondary N) is 1. The highest BCUT2D eigenvalue weighted by atomic mass is 35.5. The molecule has 2 aromatic rings. The van der Waals surface area contributed by atoms with Gasteiger partial charge in [0, 0.05) is 18.7 Å². The molecule has 104 valence electrons. The minimum Gasteiger partial charge on any atom is -0.348 e. The van der Waals surface area contributed by atoms with E-state index >= 15 is 0 Å². The second-order valence-corrected chi connectivity index (χ2v) is 5.22. The third-order valence-corrected chi connectivity index (χ3v) is 3.95. The van der Waals surface area contributed by atoms with E-state index in [9.17, 15) is 9.18 Å². The van der Waals surface area contributed by atoms with Gasteiger partial charge in [-0.05, 0) is 25.1 Å². The molecule has 0 aliphatic carbocycles. The molecule has 1 N–H and O–H groups in total. The van der Waals surface area contributed by atoms with E-state index in [2.05, 4.69) is 9.97 Å². The van der Waals surface area contributed by atoms with Crippen molar-refractivity contribution in [2.45, 2.75) is 19.4 Å². The van der Waals surface area contributed by atoms with Gasteiger partial charge >= 0.3 is 0 Å². The van der Waals surface area contributed by atoms with Gasteiger partial charge in [-0.3, -0.25) is 4.79 Å². The van der Waals surface area contributed by atoms with Gasteiger partial charge in [-0.1, -0.05) is 11.6 Å². The average Bonchev–Trinajstić information content (AvgIpc) is 2.87. The lowest BCUT2D eigenvalue weighted by Crippen LogP contribution is -2.39. The van der Waals surface area contributed by atoms with Crippen LogP contribution in [-0.4, -0.2) is 27.3 Å². The van der Waals surface area contributed by atoms with Gasteiger partial charge in [0.1, 0.15) is 5.82 Å². The molecule has 6 heteroatoms. The van der Waals surface area contributed by atoms with Crippen LogP contribution in [0.1, 0.15) is 34.7 Å². The predicted octanol–water partition coefficient (Wildman–Crippen LogP) is 2.96. The standard InChI is InChI=1S/C14H13ClFN3O/c1-8-13-12(17-7-18-13)4-5-19(8)14(20)10-3-2-9(16)6-11(10)15/h2-3,6-8H,4-5H2,1H3,(H,17,18). The summed E-state index contributed by atoms with van der Waals surface area (Å²) in [6.45, 7) is 2.51. The number of hydrogen-bond donors (Lipinski definition) is 1. The second kappa shape index (κ2) is 4.90. The smallest absolute Gasteiger partial charge is 0.255 e. The molecule has 20 heavy (non-hydrogen) atoms. The summed E-state index contributed by atoms with van der Waals surface area (Å²) in [5.41, 5.74) is 2.26. The number of rotatable bonds is 1. The normalized spacial score (nSPS) is 17.9. The number of hydrogen-bond acceptors (Lipinski definition) is 2. The number of fused-ring (bicyclic) bond motifs is 1. The van der Waals surface area contributed by atoms with E-state index < -0.39 is 5.82 Å². The first-order chi connectivity index (χ1) is 9.58. The Morgan fingerprint density at radius 2 is 2.35 bits per heavy atom. The van der Waals surface area contributed by atoms with Crippen LogP contribution in [0.5, 0.6) is 0 Å². The summed E-state index contributed by atoms with van der Waals surface area (Å²) in [4.78, 5) is 21.6. The van der Waals surface area contributed by atoms with E-state index in [1.807, 2.05) is 6.92 Å². The first kappa shape index (κ1) is 13.1. The van der Waals surface area contributed by atoms with Crippen molar-refractivity contribution in [3.8, 4) is 0 Å². The fourth-order valence-electron chi connectivity index (χ4n) is 2.56. The quantitative estimate of drug-likeness (QED) is 0.879. The van der Waals surface area contributed by atoms with Crippen molar-refractivity contribution in [3.05, 3.63) is 52.3 Å². The maximum Gasteiger partial charge on any atom is 0.255 e. The Kier molecular flexibility index (Phi) is 3.22. The third-order valence-electron chi connectivity index (χ3n) is 3.64. The fraction of sp³-hybridized carbons (Fsp3) is 0.286. The minimum absolute atomic E-state index is 0.126. The Balaban J connectivity index is 1.92. The van der Waals surface area contributed by atoms with E-state index in [0.29, 0.717) is 12.1 Å². The highest BCUT2D eigenvalue weighted by Gasteiger charge is 2.30. The van der Waals surface area contributed by atoms with Crippen LogP contribution in [0.15, 0.2) is 24.5 Å². The summed E-state index contributed by atoms with van der Waals surface area (Å²) in [5, 5.41) is 0.134. The van der Waals surface area contributed by atoms with Gasteiger partial charge < -0.3 is 9.88 Å². The van der Waals surface area contributed by atoms with E-state index in [1.165, 1.54) is 12.1 Å². The van der Waals surface area contributed by atoms with Crippen LogP contribution < -0.4 is 0 Å². The molecule has 1 aromatic heterocycles. The van der Waals surface area contributed by atoms with Gasteiger partial charge in [-0.15, -0.1) is 0 Å². The van der Waals surface area contributed by atoms with Crippen molar-refractivity contribution >= 4 is 17.5 Å². The van der Waals surface area contributed by atoms with Crippen LogP contribution in [-0.2, 0) is 6.42 Å². The van der Waals surface area contributed by atoms with Gasteiger partial charge in [0.25, 0.3) is 5.91 Å². The maximum absolute atomic E-state index is 13.1. The number of H-pyrrole nitrogens is 1. The van der Waals surface area contributed by atoms with Crippen LogP contribution in [0.4, 0.5) is 4.39 Å². The van der Waals surface area contributed by atoms with E-state index in [1.54, 1.807) is 11.2 Å². The first-order valence-corrected chi connectivity index (χ1v) is 6.74. The predicted molar refractivity (Wildman–Crippen MR) is 73.2 cm³/mol. The SMILES string of the molecule is CC1c2nc[nH]c2CCN1C(=O)c1ccc(F)cc1Cl. The molecule has 0 radical (unpaired) electrons. The minimum atomic E-state index is -0.451. The topological polar surface area (TPSA) is 49.0 Å². The molecule has 1 aromatic carbocycles. The van der Waals surface area contributed by atoms with E-state index in [4.69, 9.17) is 11.6 Å². The fourth-order valence-corrected chi connectivity index (χ4v) is 2.81. The number of amides is 1. The number of nitrogens with zero attached hydrogens (tertiary/aromatic N) is 2. The second-order valence-electron chi connectivity index (χ2n) is 4.82. The molecular weight excluding hydrogens is 281 g/mol. The lowest BCUT2D eigenvalue weighted by molar-refractivity contribution is 0.0673. The van der Waals surface area contributed by atoms with Gasteiger partial charge in [0.05, 0.1) is 28.6 Å². The number of aromatic amines is 1. The summed E-state index contributed by atoms with van der Waals surface area (Å²) >= 11 is 5.96. The molecule has 3 rings (SSSR count). The summed E-state index contributed by atoms with van der Waals surface area (Å²) in [6, 6.07) is 3.70. The Morgan fingerprint density at radius 3 is 3.10 bits per heavy atom. The molecule has 0 bridgehead atoms. The Morgan fingerprint density at radius 1 is 1.55 bits per heavy atom. The maximum atomic E-state index is 13.1. The van der Waals surface area contributed by atoms with Crippen LogP contribution in [0.2, 0.25) is 5.02 Å². The molecule has 2 heterocycles. The Hall–Kier alpha value is -1.88. The largest absolute Gasteiger partial charge is 0.348 e. The number of aromatic nitrogens is 2. The van der Waals surface area contributed by atoms with Crippen molar-refractivity contribution < 1.29 is 9.18 Å². The van der Waals surface area contributed by atoms with Gasteiger partial charge in [0.15, 0.2) is 0 Å². The van der Waals surface area contributed by atoms with E-state index in [0.717, 1.165) is 23.9 Å². The van der Waals surface area contributed by atoms with Crippen LogP contribution >= 0.6 is 11.6 Å². The zero-order valence-electron chi connectivity index (χ0n) is 10.9. The van der Waals surface area contributed by atoms with Crippen molar-refractivity contribution in [3.63, 3.8) is 0 Å². The number of carbonyl (C=O) groups is 1. The van der Waals surface area contributed by atoms with Crippen molar-refractivity contribution in [2.75, 3.05) is 6.54 Å². The zero-order chi connectivity index (χ0) is 14.3. The molecule has 1 atom stereocenters. The molecule has 1 amide bonds. The van der Waals surface area contributed by atoms with Gasteiger partial charge in [-0.25, -0.2) is 9.37 Å². The number of carbonyl (C=O) groups excluding carboxylic acids is 1. The number of benzene rings is 1.